The smallest absolute Gasteiger partial charge is 0.133 e. The molecule has 90 valence electrons. The van der Waals surface area contributed by atoms with Crippen LogP contribution < -0.4 is 5.73 Å². The van der Waals surface area contributed by atoms with Crippen molar-refractivity contribution < 1.29 is 0 Å². The lowest BCUT2D eigenvalue weighted by Crippen LogP contribution is -2.40. The summed E-state index contributed by atoms with van der Waals surface area (Å²) in [6.45, 7) is 0. The molecule has 17 heavy (non-hydrogen) atoms. The Kier molecular flexibility index (Phi) is 2.71. The molecule has 2 N–H and O–H groups in total. The lowest BCUT2D eigenvalue weighted by molar-refractivity contribution is 0.286. The van der Waals surface area contributed by atoms with Crippen LogP contribution in [-0.4, -0.2) is 9.38 Å². The standard InChI is InChI=1S/C13H16BrN3/c14-10-4-5-11-8-16-12(17(11)9-10)13(15)6-2-1-3-7-13/h4-5,8-9H,1-3,6-7,15H2. The van der Waals surface area contributed by atoms with Gasteiger partial charge in [0, 0.05) is 10.7 Å². The van der Waals surface area contributed by atoms with Crippen molar-refractivity contribution in [3.8, 4) is 0 Å². The molecule has 1 aliphatic rings. The minimum absolute atomic E-state index is 0.245. The Morgan fingerprint density at radius 3 is 2.76 bits per heavy atom. The van der Waals surface area contributed by atoms with Crippen molar-refractivity contribution in [2.75, 3.05) is 0 Å². The molecular formula is C13H16BrN3. The van der Waals surface area contributed by atoms with Gasteiger partial charge in [-0.1, -0.05) is 19.3 Å². The Labute approximate surface area is 109 Å². The highest BCUT2D eigenvalue weighted by atomic mass is 79.9. The SMILES string of the molecule is NC1(c2ncc3ccc(Br)cn23)CCCCC1. The van der Waals surface area contributed by atoms with Crippen molar-refractivity contribution in [1.29, 1.82) is 0 Å². The fraction of sp³-hybridized carbons (Fsp3) is 0.462. The van der Waals surface area contributed by atoms with Gasteiger partial charge in [-0.3, -0.25) is 0 Å². The molecule has 1 fully saturated rings. The number of nitrogens with zero attached hydrogens (tertiary/aromatic N) is 2. The van der Waals surface area contributed by atoms with E-state index in [1.807, 2.05) is 12.3 Å². The van der Waals surface area contributed by atoms with E-state index in [0.717, 1.165) is 28.7 Å². The molecule has 4 heteroatoms. The highest BCUT2D eigenvalue weighted by Gasteiger charge is 2.33. The maximum atomic E-state index is 6.54. The first-order valence-electron chi connectivity index (χ1n) is 6.11. The van der Waals surface area contributed by atoms with E-state index >= 15 is 0 Å². The van der Waals surface area contributed by atoms with Gasteiger partial charge in [-0.05, 0) is 40.9 Å². The van der Waals surface area contributed by atoms with E-state index < -0.39 is 0 Å². The predicted molar refractivity (Wildman–Crippen MR) is 71.8 cm³/mol. The molecule has 0 radical (unpaired) electrons. The third-order valence-corrected chi connectivity index (χ3v) is 4.15. The number of fused-ring (bicyclic) bond motifs is 1. The number of rotatable bonds is 1. The zero-order valence-corrected chi connectivity index (χ0v) is 11.3. The zero-order chi connectivity index (χ0) is 11.9. The van der Waals surface area contributed by atoms with Crippen LogP contribution in [0.4, 0.5) is 0 Å². The van der Waals surface area contributed by atoms with Crippen LogP contribution >= 0.6 is 15.9 Å². The van der Waals surface area contributed by atoms with E-state index in [1.54, 1.807) is 0 Å². The monoisotopic (exact) mass is 293 g/mol. The molecule has 0 bridgehead atoms. The van der Waals surface area contributed by atoms with Crippen LogP contribution in [0.1, 0.15) is 37.9 Å². The van der Waals surface area contributed by atoms with Crippen molar-refractivity contribution in [2.24, 2.45) is 5.73 Å². The molecule has 2 aromatic heterocycles. The van der Waals surface area contributed by atoms with E-state index in [-0.39, 0.29) is 5.54 Å². The number of imidazole rings is 1. The van der Waals surface area contributed by atoms with Gasteiger partial charge in [-0.15, -0.1) is 0 Å². The second-order valence-electron chi connectivity index (χ2n) is 4.94. The molecule has 0 aliphatic heterocycles. The second-order valence-corrected chi connectivity index (χ2v) is 5.86. The summed E-state index contributed by atoms with van der Waals surface area (Å²) >= 11 is 3.50. The summed E-state index contributed by atoms with van der Waals surface area (Å²) in [6.07, 6.45) is 9.76. The summed E-state index contributed by atoms with van der Waals surface area (Å²) in [5, 5.41) is 0. The molecule has 0 unspecified atom stereocenters. The third kappa shape index (κ3) is 1.89. The Morgan fingerprint density at radius 1 is 1.24 bits per heavy atom. The lowest BCUT2D eigenvalue weighted by Gasteiger charge is -2.32. The van der Waals surface area contributed by atoms with Gasteiger partial charge in [0.2, 0.25) is 0 Å². The molecule has 2 heterocycles. The van der Waals surface area contributed by atoms with Gasteiger partial charge in [0.25, 0.3) is 0 Å². The number of hydrogen-bond donors (Lipinski definition) is 1. The second kappa shape index (κ2) is 4.10. The zero-order valence-electron chi connectivity index (χ0n) is 9.69. The average Bonchev–Trinajstić information content (AvgIpc) is 2.73. The van der Waals surface area contributed by atoms with Crippen molar-refractivity contribution in [1.82, 2.24) is 9.38 Å². The summed E-state index contributed by atoms with van der Waals surface area (Å²) < 4.78 is 3.18. The van der Waals surface area contributed by atoms with E-state index in [1.165, 1.54) is 19.3 Å². The van der Waals surface area contributed by atoms with Crippen LogP contribution in [0.5, 0.6) is 0 Å². The summed E-state index contributed by atoms with van der Waals surface area (Å²) in [6, 6.07) is 4.09. The number of halogens is 1. The topological polar surface area (TPSA) is 43.3 Å². The van der Waals surface area contributed by atoms with Crippen molar-refractivity contribution >= 4 is 21.4 Å². The molecule has 0 atom stereocenters. The summed E-state index contributed by atoms with van der Waals surface area (Å²) in [5.41, 5.74) is 7.41. The Balaban J connectivity index is 2.13. The fourth-order valence-electron chi connectivity index (χ4n) is 2.74. The fourth-order valence-corrected chi connectivity index (χ4v) is 3.08. The maximum Gasteiger partial charge on any atom is 0.133 e. The minimum Gasteiger partial charge on any atom is -0.319 e. The van der Waals surface area contributed by atoms with Crippen LogP contribution in [0.15, 0.2) is 29.0 Å². The third-order valence-electron chi connectivity index (χ3n) is 3.68. The number of pyridine rings is 1. The van der Waals surface area contributed by atoms with Gasteiger partial charge in [0.15, 0.2) is 0 Å². The van der Waals surface area contributed by atoms with Crippen LogP contribution in [0.2, 0.25) is 0 Å². The normalized spacial score (nSPS) is 19.6. The highest BCUT2D eigenvalue weighted by molar-refractivity contribution is 9.10. The number of nitrogens with two attached hydrogens (primary N) is 1. The Bertz CT molecular complexity index is 541. The first kappa shape index (κ1) is 11.2. The lowest BCUT2D eigenvalue weighted by atomic mass is 9.82. The first-order chi connectivity index (χ1) is 8.19. The molecule has 3 rings (SSSR count). The van der Waals surface area contributed by atoms with Crippen molar-refractivity contribution in [3.63, 3.8) is 0 Å². The Hall–Kier alpha value is -0.870. The van der Waals surface area contributed by atoms with E-state index in [2.05, 4.69) is 37.6 Å². The van der Waals surface area contributed by atoms with Crippen LogP contribution in [0.25, 0.3) is 5.52 Å². The van der Waals surface area contributed by atoms with Gasteiger partial charge < -0.3 is 10.1 Å². The number of aromatic nitrogens is 2. The molecular weight excluding hydrogens is 278 g/mol. The van der Waals surface area contributed by atoms with Crippen LogP contribution in [0.3, 0.4) is 0 Å². The molecule has 2 aromatic rings. The van der Waals surface area contributed by atoms with Gasteiger partial charge in [0.05, 0.1) is 17.3 Å². The molecule has 1 saturated carbocycles. The van der Waals surface area contributed by atoms with E-state index in [4.69, 9.17) is 5.73 Å². The predicted octanol–water partition coefficient (Wildman–Crippen LogP) is 3.21. The van der Waals surface area contributed by atoms with Gasteiger partial charge in [0.1, 0.15) is 5.82 Å². The summed E-state index contributed by atoms with van der Waals surface area (Å²) in [7, 11) is 0. The molecule has 3 nitrogen and oxygen atoms in total. The molecule has 0 aromatic carbocycles. The average molecular weight is 294 g/mol. The van der Waals surface area contributed by atoms with Crippen molar-refractivity contribution in [3.05, 3.63) is 34.8 Å². The van der Waals surface area contributed by atoms with E-state index in [9.17, 15) is 0 Å². The molecule has 0 spiro atoms. The quantitative estimate of drug-likeness (QED) is 0.877. The first-order valence-corrected chi connectivity index (χ1v) is 6.90. The van der Waals surface area contributed by atoms with Gasteiger partial charge >= 0.3 is 0 Å². The minimum atomic E-state index is -0.245. The number of hydrogen-bond acceptors (Lipinski definition) is 2. The largest absolute Gasteiger partial charge is 0.319 e. The van der Waals surface area contributed by atoms with E-state index in [0.29, 0.717) is 0 Å². The van der Waals surface area contributed by atoms with Gasteiger partial charge in [-0.25, -0.2) is 4.98 Å². The Morgan fingerprint density at radius 2 is 2.00 bits per heavy atom. The molecule has 0 saturated heterocycles. The molecule has 0 amide bonds. The van der Waals surface area contributed by atoms with Gasteiger partial charge in [-0.2, -0.15) is 0 Å². The van der Waals surface area contributed by atoms with Crippen LogP contribution in [-0.2, 0) is 5.54 Å². The van der Waals surface area contributed by atoms with Crippen molar-refractivity contribution in [2.45, 2.75) is 37.6 Å². The highest BCUT2D eigenvalue weighted by Crippen LogP contribution is 2.34. The summed E-state index contributed by atoms with van der Waals surface area (Å²) in [4.78, 5) is 4.55. The van der Waals surface area contributed by atoms with Crippen LogP contribution in [0, 0.1) is 0 Å². The molecule has 1 aliphatic carbocycles. The maximum absolute atomic E-state index is 6.54. The summed E-state index contributed by atoms with van der Waals surface area (Å²) in [5.74, 6) is 1.01.